The number of nitrogens with one attached hydrogen (secondary N) is 1. The predicted molar refractivity (Wildman–Crippen MR) is 125 cm³/mol. The average Bonchev–Trinajstić information content (AvgIpc) is 3.45. The molecule has 1 atom stereocenters. The molecule has 1 unspecified atom stereocenters. The minimum atomic E-state index is -0.436. The van der Waals surface area contributed by atoms with Crippen molar-refractivity contribution < 1.29 is 4.79 Å². The van der Waals surface area contributed by atoms with Gasteiger partial charge in [0, 0.05) is 23.8 Å². The Bertz CT molecular complexity index is 1290. The van der Waals surface area contributed by atoms with E-state index in [0.29, 0.717) is 35.6 Å². The molecule has 7 heteroatoms. The lowest BCUT2D eigenvalue weighted by Crippen LogP contribution is -2.42. The number of H-pyrrole nitrogens is 1. The van der Waals surface area contributed by atoms with Gasteiger partial charge in [-0.2, -0.15) is 21.7 Å². The molecule has 0 saturated carbocycles. The van der Waals surface area contributed by atoms with Crippen molar-refractivity contribution in [1.29, 1.82) is 5.26 Å². The molecular formula is C25H23N5OS. The maximum absolute atomic E-state index is 13.4. The smallest absolute Gasteiger partial charge is 0.162 e. The molecule has 1 aliphatic carbocycles. The number of hydrogen-bond acceptors (Lipinski definition) is 6. The SMILES string of the molecule is CC1(C)CC(=O)C2=C(C1)N(c1cc(-c3ccccc3)[nH]n1)C(N)=C(C#N)C2c1ccsc1. The van der Waals surface area contributed by atoms with Crippen molar-refractivity contribution in [2.45, 2.75) is 32.6 Å². The second kappa shape index (κ2) is 7.50. The van der Waals surface area contributed by atoms with Gasteiger partial charge < -0.3 is 5.73 Å². The van der Waals surface area contributed by atoms with E-state index in [1.807, 2.05) is 53.2 Å². The summed E-state index contributed by atoms with van der Waals surface area (Å²) in [7, 11) is 0. The Balaban J connectivity index is 1.70. The molecular weight excluding hydrogens is 418 g/mol. The fraction of sp³-hybridized carbons (Fsp3) is 0.240. The van der Waals surface area contributed by atoms with Gasteiger partial charge in [0.15, 0.2) is 11.6 Å². The van der Waals surface area contributed by atoms with Crippen molar-refractivity contribution in [2.75, 3.05) is 4.90 Å². The molecule has 1 aromatic carbocycles. The number of hydrogen-bond donors (Lipinski definition) is 2. The summed E-state index contributed by atoms with van der Waals surface area (Å²) < 4.78 is 0. The van der Waals surface area contributed by atoms with Crippen LogP contribution in [0.15, 0.2) is 75.9 Å². The first-order chi connectivity index (χ1) is 15.4. The van der Waals surface area contributed by atoms with Gasteiger partial charge in [-0.15, -0.1) is 0 Å². The van der Waals surface area contributed by atoms with Crippen molar-refractivity contribution in [1.82, 2.24) is 10.2 Å². The quantitative estimate of drug-likeness (QED) is 0.591. The number of ketones is 1. The van der Waals surface area contributed by atoms with E-state index in [1.165, 1.54) is 0 Å². The maximum atomic E-state index is 13.4. The lowest BCUT2D eigenvalue weighted by molar-refractivity contribution is -0.118. The number of rotatable bonds is 3. The van der Waals surface area contributed by atoms with E-state index in [2.05, 4.69) is 30.1 Å². The Kier molecular flexibility index (Phi) is 4.75. The minimum absolute atomic E-state index is 0.0662. The van der Waals surface area contributed by atoms with Gasteiger partial charge in [-0.25, -0.2) is 0 Å². The molecule has 3 N–H and O–H groups in total. The van der Waals surface area contributed by atoms with E-state index in [-0.39, 0.29) is 11.2 Å². The van der Waals surface area contributed by atoms with Crippen LogP contribution in [-0.2, 0) is 4.79 Å². The highest BCUT2D eigenvalue weighted by molar-refractivity contribution is 7.08. The first-order valence-corrected chi connectivity index (χ1v) is 11.4. The number of allylic oxidation sites excluding steroid dienone is 3. The second-order valence-electron chi connectivity index (χ2n) is 9.04. The largest absolute Gasteiger partial charge is 0.384 e. The van der Waals surface area contributed by atoms with Crippen molar-refractivity contribution in [3.8, 4) is 17.3 Å². The van der Waals surface area contributed by atoms with Crippen LogP contribution in [0.3, 0.4) is 0 Å². The van der Waals surface area contributed by atoms with E-state index in [1.54, 1.807) is 16.2 Å². The number of carbonyl (C=O) groups excluding carboxylic acids is 1. The first kappa shape index (κ1) is 20.3. The van der Waals surface area contributed by atoms with Crippen LogP contribution >= 0.6 is 11.3 Å². The van der Waals surface area contributed by atoms with E-state index >= 15 is 0 Å². The van der Waals surface area contributed by atoms with Crippen molar-refractivity contribution in [3.63, 3.8) is 0 Å². The number of Topliss-reactive ketones (excluding diaryl/α,β-unsaturated/α-hetero) is 1. The molecule has 0 fully saturated rings. The number of nitrogens with zero attached hydrogens (tertiary/aromatic N) is 3. The number of nitriles is 1. The third kappa shape index (κ3) is 3.24. The fourth-order valence-electron chi connectivity index (χ4n) is 4.73. The number of anilines is 1. The summed E-state index contributed by atoms with van der Waals surface area (Å²) in [6.45, 7) is 4.18. The highest BCUT2D eigenvalue weighted by Gasteiger charge is 2.45. The normalized spacial score (nSPS) is 20.3. The van der Waals surface area contributed by atoms with E-state index in [4.69, 9.17) is 5.73 Å². The lowest BCUT2D eigenvalue weighted by atomic mass is 9.69. The highest BCUT2D eigenvalue weighted by Crippen LogP contribution is 2.50. The molecule has 3 heterocycles. The zero-order valence-corrected chi connectivity index (χ0v) is 18.7. The van der Waals surface area contributed by atoms with E-state index in [0.717, 1.165) is 22.5 Å². The maximum Gasteiger partial charge on any atom is 0.162 e. The zero-order chi connectivity index (χ0) is 22.5. The van der Waals surface area contributed by atoms with Crippen LogP contribution in [0.25, 0.3) is 11.3 Å². The Labute approximate surface area is 190 Å². The van der Waals surface area contributed by atoms with Crippen LogP contribution in [0, 0.1) is 16.7 Å². The van der Waals surface area contributed by atoms with Gasteiger partial charge in [0.2, 0.25) is 0 Å². The summed E-state index contributed by atoms with van der Waals surface area (Å²) in [5.74, 6) is 0.542. The number of aromatic amines is 1. The van der Waals surface area contributed by atoms with Crippen LogP contribution < -0.4 is 10.6 Å². The van der Waals surface area contributed by atoms with Gasteiger partial charge >= 0.3 is 0 Å². The van der Waals surface area contributed by atoms with Crippen molar-refractivity contribution in [2.24, 2.45) is 11.1 Å². The van der Waals surface area contributed by atoms with Gasteiger partial charge in [-0.1, -0.05) is 44.2 Å². The summed E-state index contributed by atoms with van der Waals surface area (Å²) in [6, 6.07) is 16.1. The molecule has 6 nitrogen and oxygen atoms in total. The zero-order valence-electron chi connectivity index (χ0n) is 17.9. The summed E-state index contributed by atoms with van der Waals surface area (Å²) in [4.78, 5) is 15.2. The monoisotopic (exact) mass is 441 g/mol. The predicted octanol–water partition coefficient (Wildman–Crippen LogP) is 5.08. The molecule has 3 aromatic rings. The Morgan fingerprint density at radius 1 is 1.25 bits per heavy atom. The van der Waals surface area contributed by atoms with Gasteiger partial charge in [0.05, 0.1) is 23.3 Å². The summed E-state index contributed by atoms with van der Waals surface area (Å²) >= 11 is 1.55. The molecule has 2 aliphatic rings. The first-order valence-electron chi connectivity index (χ1n) is 10.5. The number of carbonyl (C=O) groups is 1. The molecule has 1 aliphatic heterocycles. The third-order valence-electron chi connectivity index (χ3n) is 6.14. The molecule has 0 amide bonds. The van der Waals surface area contributed by atoms with Crippen molar-refractivity contribution >= 4 is 22.9 Å². The van der Waals surface area contributed by atoms with Crippen LogP contribution in [0.1, 0.15) is 38.2 Å². The topological polar surface area (TPSA) is 98.8 Å². The molecule has 32 heavy (non-hydrogen) atoms. The van der Waals surface area contributed by atoms with Crippen LogP contribution in [-0.4, -0.2) is 16.0 Å². The molecule has 0 radical (unpaired) electrons. The second-order valence-corrected chi connectivity index (χ2v) is 9.82. The summed E-state index contributed by atoms with van der Waals surface area (Å²) in [5.41, 5.74) is 11.1. The van der Waals surface area contributed by atoms with Gasteiger partial charge in [0.1, 0.15) is 5.82 Å². The third-order valence-corrected chi connectivity index (χ3v) is 6.84. The van der Waals surface area contributed by atoms with Crippen molar-refractivity contribution in [3.05, 3.63) is 81.5 Å². The number of thiophene rings is 1. The molecule has 5 rings (SSSR count). The summed E-state index contributed by atoms with van der Waals surface area (Å²) in [5, 5.41) is 21.6. The molecule has 0 spiro atoms. The fourth-order valence-corrected chi connectivity index (χ4v) is 5.42. The Morgan fingerprint density at radius 3 is 2.72 bits per heavy atom. The molecule has 0 bridgehead atoms. The van der Waals surface area contributed by atoms with Crippen LogP contribution in [0.5, 0.6) is 0 Å². The Hall–Kier alpha value is -3.63. The van der Waals surface area contributed by atoms with Crippen LogP contribution in [0.4, 0.5) is 5.82 Å². The lowest BCUT2D eigenvalue weighted by Gasteiger charge is -2.42. The molecule has 160 valence electrons. The minimum Gasteiger partial charge on any atom is -0.384 e. The molecule has 2 aromatic heterocycles. The Morgan fingerprint density at radius 2 is 2.03 bits per heavy atom. The number of aromatic nitrogens is 2. The molecule has 0 saturated heterocycles. The van der Waals surface area contributed by atoms with Gasteiger partial charge in [-0.3, -0.25) is 14.8 Å². The highest BCUT2D eigenvalue weighted by atomic mass is 32.1. The number of benzene rings is 1. The van der Waals surface area contributed by atoms with Gasteiger partial charge in [0.25, 0.3) is 0 Å². The van der Waals surface area contributed by atoms with E-state index in [9.17, 15) is 10.1 Å². The standard InChI is InChI=1S/C25H23N5OS/c1-25(2)11-19-23(20(31)12-25)22(16-8-9-32-14-16)17(13-26)24(27)30(19)21-10-18(28-29-21)15-6-4-3-5-7-15/h3-10,14,22H,11-12,27H2,1-2H3,(H,28,29). The van der Waals surface area contributed by atoms with Gasteiger partial charge in [-0.05, 0) is 39.8 Å². The average molecular weight is 442 g/mol. The number of nitrogens with two attached hydrogens (primary N) is 1. The summed E-state index contributed by atoms with van der Waals surface area (Å²) in [6.07, 6.45) is 1.11. The van der Waals surface area contributed by atoms with E-state index < -0.39 is 5.92 Å². The van der Waals surface area contributed by atoms with Crippen LogP contribution in [0.2, 0.25) is 0 Å².